The van der Waals surface area contributed by atoms with E-state index in [1.807, 2.05) is 42.5 Å². The zero-order chi connectivity index (χ0) is 23.8. The molecular weight excluding hydrogens is 435 g/mol. The molecule has 176 valence electrons. The smallest absolute Gasteiger partial charge is 0.410 e. The van der Waals surface area contributed by atoms with Gasteiger partial charge in [-0.05, 0) is 41.8 Å². The molecule has 0 aliphatic carbocycles. The number of carbonyl (C=O) groups is 2. The molecule has 0 unspecified atom stereocenters. The number of hydrogen-bond donors (Lipinski definition) is 1. The Labute approximate surface area is 198 Å². The summed E-state index contributed by atoms with van der Waals surface area (Å²) in [6, 6.07) is 19.2. The van der Waals surface area contributed by atoms with Gasteiger partial charge < -0.3 is 19.9 Å². The van der Waals surface area contributed by atoms with Gasteiger partial charge in [-0.3, -0.25) is 4.79 Å². The second kappa shape index (κ2) is 11.3. The van der Waals surface area contributed by atoms with Crippen molar-refractivity contribution in [2.24, 2.45) is 0 Å². The normalized spacial score (nSPS) is 13.8. The first kappa shape index (κ1) is 23.2. The van der Waals surface area contributed by atoms with Crippen LogP contribution in [-0.2, 0) is 22.6 Å². The zero-order valence-electron chi connectivity index (χ0n) is 18.8. The highest BCUT2D eigenvalue weighted by Crippen LogP contribution is 2.17. The highest BCUT2D eigenvalue weighted by Gasteiger charge is 2.21. The van der Waals surface area contributed by atoms with Crippen LogP contribution in [0.15, 0.2) is 72.9 Å². The largest absolute Gasteiger partial charge is 0.445 e. The van der Waals surface area contributed by atoms with Crippen molar-refractivity contribution in [3.05, 3.63) is 89.9 Å². The van der Waals surface area contributed by atoms with E-state index in [0.29, 0.717) is 25.3 Å². The molecule has 4 rings (SSSR count). The van der Waals surface area contributed by atoms with Crippen LogP contribution in [0.3, 0.4) is 0 Å². The van der Waals surface area contributed by atoms with Crippen LogP contribution in [0.25, 0.3) is 0 Å². The van der Waals surface area contributed by atoms with E-state index in [2.05, 4.69) is 15.2 Å². The molecule has 1 fully saturated rings. The average molecular weight is 463 g/mol. The minimum atomic E-state index is -0.329. The number of nitrogens with zero attached hydrogens (tertiary/aromatic N) is 3. The summed E-state index contributed by atoms with van der Waals surface area (Å²) in [5.41, 5.74) is 2.29. The van der Waals surface area contributed by atoms with Gasteiger partial charge >= 0.3 is 6.09 Å². The molecule has 1 aromatic heterocycles. The Morgan fingerprint density at radius 1 is 0.912 bits per heavy atom. The number of benzene rings is 2. The lowest BCUT2D eigenvalue weighted by Crippen LogP contribution is -2.35. The molecule has 0 spiro atoms. The van der Waals surface area contributed by atoms with Gasteiger partial charge in [0, 0.05) is 26.2 Å². The third-order valence-corrected chi connectivity index (χ3v) is 5.59. The summed E-state index contributed by atoms with van der Waals surface area (Å²) < 4.78 is 18.5. The Bertz CT molecular complexity index is 1090. The standard InChI is InChI=1S/C26H27FN4O3/c27-22-9-7-20(8-10-22)17-25(32)29-23-11-12-24(28-18-23)30-13-4-14-31(16-15-30)26(33)34-19-21-5-2-1-3-6-21/h1-3,5-12,18H,4,13-17,19H2,(H,29,32). The third-order valence-electron chi connectivity index (χ3n) is 5.59. The van der Waals surface area contributed by atoms with Gasteiger partial charge in [0.1, 0.15) is 18.2 Å². The number of amides is 2. The Morgan fingerprint density at radius 2 is 1.71 bits per heavy atom. The molecule has 34 heavy (non-hydrogen) atoms. The Balaban J connectivity index is 1.26. The van der Waals surface area contributed by atoms with Gasteiger partial charge in [-0.25, -0.2) is 14.2 Å². The fraction of sp³-hybridized carbons (Fsp3) is 0.269. The number of carbonyl (C=O) groups excluding carboxylic acids is 2. The van der Waals surface area contributed by atoms with E-state index in [-0.39, 0.29) is 30.8 Å². The van der Waals surface area contributed by atoms with Crippen molar-refractivity contribution < 1.29 is 18.7 Å². The van der Waals surface area contributed by atoms with Crippen LogP contribution >= 0.6 is 0 Å². The minimum Gasteiger partial charge on any atom is -0.445 e. The number of aromatic nitrogens is 1. The van der Waals surface area contributed by atoms with Crippen LogP contribution < -0.4 is 10.2 Å². The van der Waals surface area contributed by atoms with Crippen molar-refractivity contribution in [1.82, 2.24) is 9.88 Å². The molecule has 1 saturated heterocycles. The molecule has 0 radical (unpaired) electrons. The lowest BCUT2D eigenvalue weighted by Gasteiger charge is -2.22. The van der Waals surface area contributed by atoms with Crippen LogP contribution in [0.4, 0.5) is 20.7 Å². The molecule has 2 amide bonds. The number of pyridine rings is 1. The van der Waals surface area contributed by atoms with E-state index < -0.39 is 0 Å². The number of anilines is 2. The van der Waals surface area contributed by atoms with E-state index in [1.165, 1.54) is 12.1 Å². The molecule has 1 N–H and O–H groups in total. The molecular formula is C26H27FN4O3. The van der Waals surface area contributed by atoms with Gasteiger partial charge in [0.25, 0.3) is 0 Å². The maximum atomic E-state index is 13.0. The van der Waals surface area contributed by atoms with Gasteiger partial charge in [-0.2, -0.15) is 0 Å². The minimum absolute atomic E-state index is 0.157. The highest BCUT2D eigenvalue weighted by molar-refractivity contribution is 5.92. The zero-order valence-corrected chi connectivity index (χ0v) is 18.8. The Morgan fingerprint density at radius 3 is 2.44 bits per heavy atom. The van der Waals surface area contributed by atoms with Crippen molar-refractivity contribution in [2.45, 2.75) is 19.4 Å². The second-order valence-electron chi connectivity index (χ2n) is 8.12. The molecule has 3 aromatic rings. The van der Waals surface area contributed by atoms with Crippen LogP contribution in [0.2, 0.25) is 0 Å². The van der Waals surface area contributed by atoms with Gasteiger partial charge in [-0.1, -0.05) is 42.5 Å². The summed E-state index contributed by atoms with van der Waals surface area (Å²) in [6.45, 7) is 2.85. The van der Waals surface area contributed by atoms with Crippen LogP contribution in [0.1, 0.15) is 17.5 Å². The second-order valence-corrected chi connectivity index (χ2v) is 8.12. The predicted octanol–water partition coefficient (Wildman–Crippen LogP) is 4.25. The maximum absolute atomic E-state index is 13.0. The van der Waals surface area contributed by atoms with Crippen LogP contribution in [0, 0.1) is 5.82 Å². The molecule has 0 atom stereocenters. The van der Waals surface area contributed by atoms with Crippen LogP contribution in [0.5, 0.6) is 0 Å². The van der Waals surface area contributed by atoms with E-state index >= 15 is 0 Å². The van der Waals surface area contributed by atoms with Crippen molar-refractivity contribution in [1.29, 1.82) is 0 Å². The molecule has 7 nitrogen and oxygen atoms in total. The van der Waals surface area contributed by atoms with Gasteiger partial charge in [0.05, 0.1) is 18.3 Å². The molecule has 1 aliphatic rings. The van der Waals surface area contributed by atoms with E-state index in [1.54, 1.807) is 23.2 Å². The molecule has 1 aliphatic heterocycles. The third kappa shape index (κ3) is 6.54. The number of nitrogens with one attached hydrogen (secondary N) is 1. The summed E-state index contributed by atoms with van der Waals surface area (Å²) in [7, 11) is 0. The Hall–Kier alpha value is -3.94. The van der Waals surface area contributed by atoms with Crippen molar-refractivity contribution in [3.8, 4) is 0 Å². The van der Waals surface area contributed by atoms with Gasteiger partial charge in [0.2, 0.25) is 5.91 Å². The molecule has 0 saturated carbocycles. The number of hydrogen-bond acceptors (Lipinski definition) is 5. The van der Waals surface area contributed by atoms with E-state index in [0.717, 1.165) is 29.9 Å². The lowest BCUT2D eigenvalue weighted by molar-refractivity contribution is -0.115. The Kier molecular flexibility index (Phi) is 7.70. The predicted molar refractivity (Wildman–Crippen MR) is 128 cm³/mol. The summed E-state index contributed by atoms with van der Waals surface area (Å²) in [5, 5.41) is 2.81. The quantitative estimate of drug-likeness (QED) is 0.593. The molecule has 0 bridgehead atoms. The number of rotatable bonds is 6. The van der Waals surface area contributed by atoms with Crippen LogP contribution in [-0.4, -0.2) is 48.1 Å². The van der Waals surface area contributed by atoms with Crippen molar-refractivity contribution >= 4 is 23.5 Å². The molecule has 2 aromatic carbocycles. The lowest BCUT2D eigenvalue weighted by atomic mass is 10.1. The maximum Gasteiger partial charge on any atom is 0.410 e. The first-order valence-corrected chi connectivity index (χ1v) is 11.3. The number of ether oxygens (including phenoxy) is 1. The highest BCUT2D eigenvalue weighted by atomic mass is 19.1. The summed E-state index contributed by atoms with van der Waals surface area (Å²) in [4.78, 5) is 33.1. The van der Waals surface area contributed by atoms with Gasteiger partial charge in [-0.15, -0.1) is 0 Å². The first-order chi connectivity index (χ1) is 16.6. The fourth-order valence-corrected chi connectivity index (χ4v) is 3.78. The van der Waals surface area contributed by atoms with Crippen molar-refractivity contribution in [2.75, 3.05) is 36.4 Å². The summed E-state index contributed by atoms with van der Waals surface area (Å²) >= 11 is 0. The monoisotopic (exact) mass is 462 g/mol. The molecule has 2 heterocycles. The fourth-order valence-electron chi connectivity index (χ4n) is 3.78. The number of halogens is 1. The van der Waals surface area contributed by atoms with E-state index in [9.17, 15) is 14.0 Å². The summed E-state index contributed by atoms with van der Waals surface area (Å²) in [6.07, 6.45) is 2.27. The van der Waals surface area contributed by atoms with E-state index in [4.69, 9.17) is 4.74 Å². The molecule has 8 heteroatoms. The first-order valence-electron chi connectivity index (χ1n) is 11.3. The average Bonchev–Trinajstić information content (AvgIpc) is 3.12. The SMILES string of the molecule is O=C(Cc1ccc(F)cc1)Nc1ccc(N2CCCN(C(=O)OCc3ccccc3)CC2)nc1. The summed E-state index contributed by atoms with van der Waals surface area (Å²) in [5.74, 6) is 0.265. The topological polar surface area (TPSA) is 74.8 Å². The van der Waals surface area contributed by atoms with Crippen molar-refractivity contribution in [3.63, 3.8) is 0 Å². The van der Waals surface area contributed by atoms with Gasteiger partial charge in [0.15, 0.2) is 0 Å².